The zero-order valence-corrected chi connectivity index (χ0v) is 18.7. The first kappa shape index (κ1) is 21.5. The molecule has 0 aliphatic heterocycles. The van der Waals surface area contributed by atoms with E-state index in [0.717, 1.165) is 17.9 Å². The maximum absolute atomic E-state index is 13.0. The molecule has 3 aromatic heterocycles. The number of H-pyrrole nitrogens is 1. The number of hydrogen-bond donors (Lipinski definition) is 1. The number of benzene rings is 1. The van der Waals surface area contributed by atoms with Crippen LogP contribution in [0.4, 0.5) is 0 Å². The number of carbonyl (C=O) groups is 1. The van der Waals surface area contributed by atoms with E-state index in [0.29, 0.717) is 46.9 Å². The number of ether oxygens (including phenoxy) is 1. The number of nitrogens with zero attached hydrogens (tertiary/aromatic N) is 5. The van der Waals surface area contributed by atoms with Gasteiger partial charge in [0.1, 0.15) is 22.8 Å². The number of aryl methyl sites for hydroxylation is 3. The quantitative estimate of drug-likeness (QED) is 0.426. The Balaban J connectivity index is 1.79. The van der Waals surface area contributed by atoms with Gasteiger partial charge >= 0.3 is 0 Å². The topological polar surface area (TPSA) is 108 Å². The maximum atomic E-state index is 13.0. The minimum Gasteiger partial charge on any atom is -0.493 e. The Morgan fingerprint density at radius 1 is 1.19 bits per heavy atom. The molecule has 0 aliphatic carbocycles. The summed E-state index contributed by atoms with van der Waals surface area (Å²) in [5, 5.41) is 4.71. The van der Waals surface area contributed by atoms with E-state index in [1.165, 1.54) is 6.20 Å². The van der Waals surface area contributed by atoms with Crippen LogP contribution in [-0.4, -0.2) is 41.7 Å². The molecule has 0 bridgehead atoms. The van der Waals surface area contributed by atoms with E-state index < -0.39 is 0 Å². The molecular formula is C23H26N6O3. The number of ketones is 1. The molecule has 0 aliphatic rings. The van der Waals surface area contributed by atoms with Crippen molar-refractivity contribution in [2.24, 2.45) is 0 Å². The second kappa shape index (κ2) is 8.78. The molecule has 1 N–H and O–H groups in total. The highest BCUT2D eigenvalue weighted by molar-refractivity contribution is 5.97. The summed E-state index contributed by atoms with van der Waals surface area (Å²) in [6.07, 6.45) is 4.24. The number of nitrogens with one attached hydrogen (secondary N) is 1. The molecular weight excluding hydrogens is 408 g/mol. The first-order valence-corrected chi connectivity index (χ1v) is 10.7. The zero-order chi connectivity index (χ0) is 22.8. The second-order valence-corrected chi connectivity index (χ2v) is 7.64. The van der Waals surface area contributed by atoms with Crippen LogP contribution in [0.3, 0.4) is 0 Å². The lowest BCUT2D eigenvalue weighted by atomic mass is 10.1. The third-order valence-electron chi connectivity index (χ3n) is 5.21. The molecule has 9 nitrogen and oxygen atoms in total. The van der Waals surface area contributed by atoms with Crippen molar-refractivity contribution in [1.82, 2.24) is 29.3 Å². The Morgan fingerprint density at radius 2 is 2.00 bits per heavy atom. The van der Waals surface area contributed by atoms with Crippen molar-refractivity contribution in [3.63, 3.8) is 0 Å². The van der Waals surface area contributed by atoms with Crippen LogP contribution in [0.15, 0.2) is 35.4 Å². The molecule has 4 aromatic rings. The summed E-state index contributed by atoms with van der Waals surface area (Å²) in [6, 6.07) is 5.19. The number of Topliss-reactive ketones (excluding diaryl/α,β-unsaturated/α-hetero) is 1. The molecule has 3 heterocycles. The number of aromatic amines is 1. The largest absolute Gasteiger partial charge is 0.493 e. The zero-order valence-electron chi connectivity index (χ0n) is 18.7. The van der Waals surface area contributed by atoms with Gasteiger partial charge in [-0.25, -0.2) is 14.6 Å². The summed E-state index contributed by atoms with van der Waals surface area (Å²) in [6.45, 7) is 8.94. The molecule has 0 atom stereocenters. The number of aromatic nitrogens is 6. The standard InChI is InChI=1S/C23H26N6O3/c1-5-9-29-22-18(11-24-29)23(31)27-21(26-22)17-10-16(7-8-20(17)32-6-2)19(30)13-28-12-14(3)25-15(28)4/h7-8,10-12H,5-6,9,13H2,1-4H3,(H,26,27,31). The van der Waals surface area contributed by atoms with Crippen LogP contribution in [0.25, 0.3) is 22.4 Å². The maximum Gasteiger partial charge on any atom is 0.262 e. The van der Waals surface area contributed by atoms with E-state index in [4.69, 9.17) is 4.74 Å². The molecule has 1 aromatic carbocycles. The number of hydrogen-bond acceptors (Lipinski definition) is 6. The van der Waals surface area contributed by atoms with Gasteiger partial charge in [0, 0.05) is 18.3 Å². The van der Waals surface area contributed by atoms with Gasteiger partial charge < -0.3 is 14.3 Å². The predicted molar refractivity (Wildman–Crippen MR) is 121 cm³/mol. The Bertz CT molecular complexity index is 1350. The molecule has 0 fully saturated rings. The fraction of sp³-hybridized carbons (Fsp3) is 0.348. The lowest BCUT2D eigenvalue weighted by Crippen LogP contribution is -2.13. The Morgan fingerprint density at radius 3 is 2.69 bits per heavy atom. The average molecular weight is 435 g/mol. The molecule has 0 radical (unpaired) electrons. The van der Waals surface area contributed by atoms with Gasteiger partial charge in [-0.15, -0.1) is 0 Å². The summed E-state index contributed by atoms with van der Waals surface area (Å²) in [7, 11) is 0. The summed E-state index contributed by atoms with van der Waals surface area (Å²) in [5.74, 6) is 1.59. The van der Waals surface area contributed by atoms with Gasteiger partial charge in [0.05, 0.1) is 30.6 Å². The Hall–Kier alpha value is -3.75. The molecule has 0 saturated carbocycles. The SMILES string of the molecule is CCCn1ncc2c(=O)[nH]c(-c3cc(C(=O)Cn4cc(C)nc4C)ccc3OCC)nc21. The molecule has 0 saturated heterocycles. The summed E-state index contributed by atoms with van der Waals surface area (Å²) >= 11 is 0. The minimum absolute atomic E-state index is 0.0748. The number of imidazole rings is 1. The van der Waals surface area contributed by atoms with Crippen LogP contribution in [-0.2, 0) is 13.1 Å². The van der Waals surface area contributed by atoms with Crippen molar-refractivity contribution in [2.45, 2.75) is 47.2 Å². The monoisotopic (exact) mass is 434 g/mol. The number of rotatable bonds is 8. The van der Waals surface area contributed by atoms with Crippen LogP contribution in [0.1, 0.15) is 42.1 Å². The smallest absolute Gasteiger partial charge is 0.262 e. The molecule has 166 valence electrons. The van der Waals surface area contributed by atoms with E-state index in [9.17, 15) is 9.59 Å². The third kappa shape index (κ3) is 4.05. The van der Waals surface area contributed by atoms with Crippen LogP contribution in [0.5, 0.6) is 5.75 Å². The molecule has 0 spiro atoms. The van der Waals surface area contributed by atoms with Crippen LogP contribution < -0.4 is 10.3 Å². The van der Waals surface area contributed by atoms with Crippen LogP contribution in [0, 0.1) is 13.8 Å². The fourth-order valence-corrected chi connectivity index (χ4v) is 3.71. The average Bonchev–Trinajstić information content (AvgIpc) is 3.31. The normalized spacial score (nSPS) is 11.2. The van der Waals surface area contributed by atoms with Gasteiger partial charge in [0.15, 0.2) is 11.4 Å². The summed E-state index contributed by atoms with van der Waals surface area (Å²) < 4.78 is 9.31. The highest BCUT2D eigenvalue weighted by atomic mass is 16.5. The van der Waals surface area contributed by atoms with Crippen molar-refractivity contribution in [3.8, 4) is 17.1 Å². The van der Waals surface area contributed by atoms with Crippen LogP contribution in [0.2, 0.25) is 0 Å². The molecule has 9 heteroatoms. The number of carbonyl (C=O) groups excluding carboxylic acids is 1. The van der Waals surface area contributed by atoms with Gasteiger partial charge in [-0.1, -0.05) is 6.92 Å². The van der Waals surface area contributed by atoms with E-state index in [-0.39, 0.29) is 17.9 Å². The minimum atomic E-state index is -0.281. The van der Waals surface area contributed by atoms with Gasteiger partial charge in [-0.3, -0.25) is 9.59 Å². The summed E-state index contributed by atoms with van der Waals surface area (Å²) in [5.41, 5.74) is 2.14. The lowest BCUT2D eigenvalue weighted by molar-refractivity contribution is 0.0971. The lowest BCUT2D eigenvalue weighted by Gasteiger charge is -2.12. The van der Waals surface area contributed by atoms with E-state index >= 15 is 0 Å². The highest BCUT2D eigenvalue weighted by Crippen LogP contribution is 2.29. The van der Waals surface area contributed by atoms with Crippen LogP contribution >= 0.6 is 0 Å². The fourth-order valence-electron chi connectivity index (χ4n) is 3.71. The van der Waals surface area contributed by atoms with Crippen molar-refractivity contribution in [2.75, 3.05) is 6.61 Å². The first-order chi connectivity index (χ1) is 15.4. The van der Waals surface area contributed by atoms with E-state index in [2.05, 4.69) is 20.1 Å². The Kier molecular flexibility index (Phi) is 5.89. The summed E-state index contributed by atoms with van der Waals surface area (Å²) in [4.78, 5) is 37.5. The molecule has 32 heavy (non-hydrogen) atoms. The van der Waals surface area contributed by atoms with Crippen molar-refractivity contribution in [3.05, 3.63) is 58.0 Å². The highest BCUT2D eigenvalue weighted by Gasteiger charge is 2.17. The van der Waals surface area contributed by atoms with Gasteiger partial charge in [-0.05, 0) is 45.4 Å². The van der Waals surface area contributed by atoms with E-state index in [1.807, 2.05) is 38.5 Å². The number of fused-ring (bicyclic) bond motifs is 1. The predicted octanol–water partition coefficient (Wildman–Crippen LogP) is 3.29. The van der Waals surface area contributed by atoms with Crippen molar-refractivity contribution < 1.29 is 9.53 Å². The molecule has 0 unspecified atom stereocenters. The molecule has 0 amide bonds. The third-order valence-corrected chi connectivity index (χ3v) is 5.21. The first-order valence-electron chi connectivity index (χ1n) is 10.7. The second-order valence-electron chi connectivity index (χ2n) is 7.64. The van der Waals surface area contributed by atoms with Gasteiger partial charge in [0.25, 0.3) is 5.56 Å². The van der Waals surface area contributed by atoms with Crippen molar-refractivity contribution in [1.29, 1.82) is 0 Å². The van der Waals surface area contributed by atoms with E-state index in [1.54, 1.807) is 22.9 Å². The van der Waals surface area contributed by atoms with Crippen molar-refractivity contribution >= 4 is 16.8 Å². The van der Waals surface area contributed by atoms with Gasteiger partial charge in [0.2, 0.25) is 0 Å². The molecule has 4 rings (SSSR count). The Labute approximate surface area is 185 Å². The van der Waals surface area contributed by atoms with Gasteiger partial charge in [-0.2, -0.15) is 5.10 Å².